The molecule has 0 saturated heterocycles. The van der Waals surface area contributed by atoms with Gasteiger partial charge < -0.3 is 10.6 Å². The maximum absolute atomic E-state index is 11.5. The van der Waals surface area contributed by atoms with E-state index in [1.165, 1.54) is 11.1 Å². The van der Waals surface area contributed by atoms with Crippen molar-refractivity contribution in [2.45, 2.75) is 31.7 Å². The number of amides is 1. The van der Waals surface area contributed by atoms with Crippen LogP contribution >= 0.6 is 11.6 Å². The van der Waals surface area contributed by atoms with E-state index >= 15 is 0 Å². The Balaban J connectivity index is 1.39. The normalized spacial score (nSPS) is 21.2. The lowest BCUT2D eigenvalue weighted by atomic mass is 10.1. The Kier molecular flexibility index (Phi) is 3.76. The topological polar surface area (TPSA) is 41.1 Å². The van der Waals surface area contributed by atoms with Crippen LogP contribution in [0.15, 0.2) is 18.2 Å². The highest BCUT2D eigenvalue weighted by molar-refractivity contribution is 6.30. The van der Waals surface area contributed by atoms with Crippen LogP contribution in [0.1, 0.15) is 24.0 Å². The Morgan fingerprint density at radius 2 is 2.00 bits per heavy atom. The van der Waals surface area contributed by atoms with E-state index in [9.17, 15) is 4.79 Å². The van der Waals surface area contributed by atoms with Gasteiger partial charge in [0.25, 0.3) is 0 Å². The molecule has 3 nitrogen and oxygen atoms in total. The summed E-state index contributed by atoms with van der Waals surface area (Å²) in [6.07, 6.45) is 4.23. The monoisotopic (exact) mass is 278 g/mol. The lowest BCUT2D eigenvalue weighted by Gasteiger charge is -2.12. The van der Waals surface area contributed by atoms with Crippen molar-refractivity contribution in [3.8, 4) is 0 Å². The second-order valence-electron chi connectivity index (χ2n) is 5.54. The van der Waals surface area contributed by atoms with E-state index in [0.29, 0.717) is 12.0 Å². The maximum atomic E-state index is 11.5. The fourth-order valence-corrected chi connectivity index (χ4v) is 2.88. The lowest BCUT2D eigenvalue weighted by Crippen LogP contribution is -2.37. The first-order valence-electron chi connectivity index (χ1n) is 7.01. The molecule has 3 rings (SSSR count). The van der Waals surface area contributed by atoms with Crippen LogP contribution in [0, 0.1) is 5.92 Å². The number of carbonyl (C=O) groups is 1. The van der Waals surface area contributed by atoms with E-state index < -0.39 is 0 Å². The zero-order valence-corrected chi connectivity index (χ0v) is 11.7. The van der Waals surface area contributed by atoms with Gasteiger partial charge in [-0.05, 0) is 48.9 Å². The summed E-state index contributed by atoms with van der Waals surface area (Å²) in [6, 6.07) is 6.62. The predicted octanol–water partition coefficient (Wildman–Crippen LogP) is 1.92. The van der Waals surface area contributed by atoms with Crippen LogP contribution in [0.4, 0.5) is 0 Å². The van der Waals surface area contributed by atoms with Crippen LogP contribution < -0.4 is 10.6 Å². The molecule has 1 amide bonds. The van der Waals surface area contributed by atoms with Crippen LogP contribution in [0.3, 0.4) is 0 Å². The Hall–Kier alpha value is -1.06. The molecule has 1 unspecified atom stereocenters. The number of carbonyl (C=O) groups excluding carboxylic acids is 1. The lowest BCUT2D eigenvalue weighted by molar-refractivity contribution is -0.122. The Bertz CT molecular complexity index is 485. The molecule has 102 valence electrons. The summed E-state index contributed by atoms with van der Waals surface area (Å²) in [6.45, 7) is 1.56. The van der Waals surface area contributed by atoms with Crippen molar-refractivity contribution in [3.63, 3.8) is 0 Å². The zero-order valence-electron chi connectivity index (χ0n) is 10.9. The van der Waals surface area contributed by atoms with E-state index in [1.54, 1.807) is 0 Å². The molecule has 4 heteroatoms. The molecule has 1 atom stereocenters. The minimum Gasteiger partial charge on any atom is -0.355 e. The highest BCUT2D eigenvalue weighted by Gasteiger charge is 2.29. The van der Waals surface area contributed by atoms with Crippen LogP contribution in [0.5, 0.6) is 0 Å². The second-order valence-corrected chi connectivity index (χ2v) is 5.97. The Morgan fingerprint density at radius 3 is 2.79 bits per heavy atom. The van der Waals surface area contributed by atoms with Crippen molar-refractivity contribution in [2.75, 3.05) is 13.1 Å². The SMILES string of the molecule is O=C(NCCNC1Cc2ccc(Cl)cc2C1)C1CC1. The summed E-state index contributed by atoms with van der Waals surface area (Å²) in [5.74, 6) is 0.529. The molecule has 0 heterocycles. The molecule has 0 aromatic heterocycles. The van der Waals surface area contributed by atoms with Gasteiger partial charge in [0, 0.05) is 30.1 Å². The first-order valence-corrected chi connectivity index (χ1v) is 7.38. The van der Waals surface area contributed by atoms with Gasteiger partial charge in [-0.2, -0.15) is 0 Å². The third-order valence-corrected chi connectivity index (χ3v) is 4.14. The van der Waals surface area contributed by atoms with Crippen molar-refractivity contribution in [2.24, 2.45) is 5.92 Å². The minimum absolute atomic E-state index is 0.225. The van der Waals surface area contributed by atoms with Crippen molar-refractivity contribution >= 4 is 17.5 Å². The smallest absolute Gasteiger partial charge is 0.223 e. The molecule has 0 spiro atoms. The number of halogens is 1. The van der Waals surface area contributed by atoms with E-state index in [0.717, 1.165) is 43.8 Å². The number of fused-ring (bicyclic) bond motifs is 1. The van der Waals surface area contributed by atoms with Gasteiger partial charge in [0.1, 0.15) is 0 Å². The van der Waals surface area contributed by atoms with Gasteiger partial charge in [0.05, 0.1) is 0 Å². The van der Waals surface area contributed by atoms with E-state index in [-0.39, 0.29) is 5.91 Å². The summed E-state index contributed by atoms with van der Waals surface area (Å²) < 4.78 is 0. The van der Waals surface area contributed by atoms with Gasteiger partial charge in [0.15, 0.2) is 0 Å². The number of rotatable bonds is 5. The van der Waals surface area contributed by atoms with E-state index in [2.05, 4.69) is 22.8 Å². The quantitative estimate of drug-likeness (QED) is 0.808. The third kappa shape index (κ3) is 3.28. The summed E-state index contributed by atoms with van der Waals surface area (Å²) in [5, 5.41) is 7.30. The molecule has 1 fully saturated rings. The Labute approximate surface area is 118 Å². The van der Waals surface area contributed by atoms with Gasteiger partial charge in [0.2, 0.25) is 5.91 Å². The van der Waals surface area contributed by atoms with Crippen molar-refractivity contribution < 1.29 is 4.79 Å². The van der Waals surface area contributed by atoms with Crippen LogP contribution in [-0.2, 0) is 17.6 Å². The van der Waals surface area contributed by atoms with Crippen molar-refractivity contribution in [3.05, 3.63) is 34.3 Å². The van der Waals surface area contributed by atoms with E-state index in [4.69, 9.17) is 11.6 Å². The second kappa shape index (κ2) is 5.51. The summed E-state index contributed by atoms with van der Waals surface area (Å²) in [4.78, 5) is 11.5. The average molecular weight is 279 g/mol. The molecular formula is C15H19ClN2O. The molecule has 0 bridgehead atoms. The molecule has 19 heavy (non-hydrogen) atoms. The molecule has 0 radical (unpaired) electrons. The molecule has 2 N–H and O–H groups in total. The molecule has 2 aliphatic rings. The van der Waals surface area contributed by atoms with Crippen molar-refractivity contribution in [1.82, 2.24) is 10.6 Å². The Morgan fingerprint density at radius 1 is 1.21 bits per heavy atom. The summed E-state index contributed by atoms with van der Waals surface area (Å²) in [7, 11) is 0. The average Bonchev–Trinajstić information content (AvgIpc) is 3.16. The summed E-state index contributed by atoms with van der Waals surface area (Å²) >= 11 is 6.00. The van der Waals surface area contributed by atoms with Crippen LogP contribution in [-0.4, -0.2) is 25.0 Å². The number of benzene rings is 1. The van der Waals surface area contributed by atoms with Crippen LogP contribution in [0.25, 0.3) is 0 Å². The van der Waals surface area contributed by atoms with Gasteiger partial charge in [-0.25, -0.2) is 0 Å². The standard InChI is InChI=1S/C15H19ClN2O/c16-13-4-3-11-8-14(9-12(11)7-13)17-5-6-18-15(19)10-1-2-10/h3-4,7,10,14,17H,1-2,5-6,8-9H2,(H,18,19). The molecule has 2 aliphatic carbocycles. The van der Waals surface area contributed by atoms with Gasteiger partial charge in [-0.1, -0.05) is 17.7 Å². The molecule has 1 saturated carbocycles. The molecule has 1 aromatic rings. The molecule has 0 aliphatic heterocycles. The number of hydrogen-bond acceptors (Lipinski definition) is 2. The van der Waals surface area contributed by atoms with Gasteiger partial charge >= 0.3 is 0 Å². The minimum atomic E-state index is 0.225. The molecular weight excluding hydrogens is 260 g/mol. The maximum Gasteiger partial charge on any atom is 0.223 e. The summed E-state index contributed by atoms with van der Waals surface area (Å²) in [5.41, 5.74) is 2.75. The fourth-order valence-electron chi connectivity index (χ4n) is 2.68. The highest BCUT2D eigenvalue weighted by atomic mass is 35.5. The van der Waals surface area contributed by atoms with E-state index in [1.807, 2.05) is 6.07 Å². The number of nitrogens with one attached hydrogen (secondary N) is 2. The number of hydrogen-bond donors (Lipinski definition) is 2. The van der Waals surface area contributed by atoms with Gasteiger partial charge in [-0.15, -0.1) is 0 Å². The fraction of sp³-hybridized carbons (Fsp3) is 0.533. The largest absolute Gasteiger partial charge is 0.355 e. The third-order valence-electron chi connectivity index (χ3n) is 3.91. The zero-order chi connectivity index (χ0) is 13.2. The van der Waals surface area contributed by atoms with Crippen LogP contribution in [0.2, 0.25) is 5.02 Å². The predicted molar refractivity (Wildman–Crippen MR) is 76.4 cm³/mol. The highest BCUT2D eigenvalue weighted by Crippen LogP contribution is 2.28. The van der Waals surface area contributed by atoms with Crippen molar-refractivity contribution in [1.29, 1.82) is 0 Å². The first-order chi connectivity index (χ1) is 9.22. The first kappa shape index (κ1) is 12.9. The molecule has 1 aromatic carbocycles. The van der Waals surface area contributed by atoms with Gasteiger partial charge in [-0.3, -0.25) is 4.79 Å².